The minimum absolute atomic E-state index is 0.0555. The molecule has 0 aliphatic rings. The molecule has 0 saturated heterocycles. The van der Waals surface area contributed by atoms with Crippen molar-refractivity contribution in [2.45, 2.75) is 26.1 Å². The molecule has 2 N–H and O–H groups in total. The Kier molecular flexibility index (Phi) is 5.50. The third-order valence-electron chi connectivity index (χ3n) is 3.77. The fourth-order valence-electron chi connectivity index (χ4n) is 2.36. The number of amides is 1. The molecule has 0 aliphatic heterocycles. The van der Waals surface area contributed by atoms with E-state index in [1.807, 2.05) is 26.0 Å². The standard InChI is InChI=1S/C17H18N4O2S2/c1-10-11(2)25-17-15(10)16(23)20-13(21-17)8-24-9-14(22)19-7-12-4-3-5-18-6-12/h3-6H,7-9H2,1-2H3,(H,19,22)(H,20,21,23). The Hall–Kier alpha value is -2.19. The summed E-state index contributed by atoms with van der Waals surface area (Å²) in [4.78, 5) is 37.3. The third kappa shape index (κ3) is 4.26. The normalized spacial score (nSPS) is 11.0. The number of rotatable bonds is 6. The molecule has 8 heteroatoms. The van der Waals surface area contributed by atoms with Gasteiger partial charge in [-0.05, 0) is 31.0 Å². The van der Waals surface area contributed by atoms with Gasteiger partial charge in [0.2, 0.25) is 5.91 Å². The highest BCUT2D eigenvalue weighted by atomic mass is 32.2. The Morgan fingerprint density at radius 2 is 2.24 bits per heavy atom. The van der Waals surface area contributed by atoms with Crippen LogP contribution in [0.5, 0.6) is 0 Å². The number of aromatic nitrogens is 3. The highest BCUT2D eigenvalue weighted by Crippen LogP contribution is 2.26. The molecule has 0 saturated carbocycles. The molecule has 0 spiro atoms. The van der Waals surface area contributed by atoms with Crippen LogP contribution in [-0.2, 0) is 17.1 Å². The maximum atomic E-state index is 12.2. The summed E-state index contributed by atoms with van der Waals surface area (Å²) in [6.07, 6.45) is 3.42. The summed E-state index contributed by atoms with van der Waals surface area (Å²) in [5.41, 5.74) is 1.84. The number of fused-ring (bicyclic) bond motifs is 1. The number of pyridine rings is 1. The van der Waals surface area contributed by atoms with Crippen LogP contribution < -0.4 is 10.9 Å². The van der Waals surface area contributed by atoms with Crippen LogP contribution in [0.1, 0.15) is 21.8 Å². The van der Waals surface area contributed by atoms with Gasteiger partial charge in [0.05, 0.1) is 16.9 Å². The molecule has 0 fully saturated rings. The second kappa shape index (κ2) is 7.79. The monoisotopic (exact) mass is 374 g/mol. The van der Waals surface area contributed by atoms with Crippen molar-refractivity contribution in [3.05, 3.63) is 56.7 Å². The zero-order chi connectivity index (χ0) is 17.8. The van der Waals surface area contributed by atoms with E-state index in [9.17, 15) is 9.59 Å². The highest BCUT2D eigenvalue weighted by Gasteiger charge is 2.12. The van der Waals surface area contributed by atoms with Gasteiger partial charge in [-0.15, -0.1) is 23.1 Å². The molecule has 3 rings (SSSR count). The molecule has 130 valence electrons. The van der Waals surface area contributed by atoms with Crippen LogP contribution in [0.25, 0.3) is 10.2 Å². The molecule has 3 aromatic rings. The number of thioether (sulfide) groups is 1. The first-order valence-corrected chi connectivity index (χ1v) is 9.74. The topological polar surface area (TPSA) is 87.7 Å². The van der Waals surface area contributed by atoms with Gasteiger partial charge < -0.3 is 10.3 Å². The molecular weight excluding hydrogens is 356 g/mol. The first-order valence-electron chi connectivity index (χ1n) is 7.77. The molecule has 0 unspecified atom stereocenters. The first kappa shape index (κ1) is 17.6. The van der Waals surface area contributed by atoms with E-state index in [4.69, 9.17) is 0 Å². The molecule has 3 heterocycles. The number of carbonyl (C=O) groups is 1. The summed E-state index contributed by atoms with van der Waals surface area (Å²) in [7, 11) is 0. The summed E-state index contributed by atoms with van der Waals surface area (Å²) in [5, 5.41) is 3.52. The Morgan fingerprint density at radius 3 is 3.00 bits per heavy atom. The minimum atomic E-state index is -0.108. The Bertz CT molecular complexity index is 950. The van der Waals surface area contributed by atoms with Crippen molar-refractivity contribution < 1.29 is 4.79 Å². The van der Waals surface area contributed by atoms with Crippen LogP contribution in [0.3, 0.4) is 0 Å². The van der Waals surface area contributed by atoms with Gasteiger partial charge >= 0.3 is 0 Å². The fraction of sp³-hybridized carbons (Fsp3) is 0.294. The smallest absolute Gasteiger partial charge is 0.259 e. The van der Waals surface area contributed by atoms with Crippen molar-refractivity contribution in [3.63, 3.8) is 0 Å². The van der Waals surface area contributed by atoms with E-state index in [0.717, 1.165) is 20.8 Å². The van der Waals surface area contributed by atoms with E-state index in [1.54, 1.807) is 12.4 Å². The molecule has 3 aromatic heterocycles. The summed E-state index contributed by atoms with van der Waals surface area (Å²) in [6, 6.07) is 3.75. The Balaban J connectivity index is 1.54. The number of nitrogens with zero attached hydrogens (tertiary/aromatic N) is 2. The quantitative estimate of drug-likeness (QED) is 0.692. The number of H-pyrrole nitrogens is 1. The summed E-state index contributed by atoms with van der Waals surface area (Å²) in [5.74, 6) is 1.34. The predicted octanol–water partition coefficient (Wildman–Crippen LogP) is 2.55. The molecule has 0 bridgehead atoms. The first-order chi connectivity index (χ1) is 12.0. The number of aromatic amines is 1. The molecule has 0 aliphatic carbocycles. The van der Waals surface area contributed by atoms with Crippen molar-refractivity contribution in [3.8, 4) is 0 Å². The molecule has 25 heavy (non-hydrogen) atoms. The minimum Gasteiger partial charge on any atom is -0.351 e. The number of hydrogen-bond acceptors (Lipinski definition) is 6. The van der Waals surface area contributed by atoms with Crippen LogP contribution in [0.15, 0.2) is 29.3 Å². The van der Waals surface area contributed by atoms with E-state index in [1.165, 1.54) is 23.1 Å². The van der Waals surface area contributed by atoms with Crippen molar-refractivity contribution in [1.29, 1.82) is 0 Å². The molecule has 6 nitrogen and oxygen atoms in total. The largest absolute Gasteiger partial charge is 0.351 e. The zero-order valence-electron chi connectivity index (χ0n) is 14.0. The van der Waals surface area contributed by atoms with Gasteiger partial charge in [0.25, 0.3) is 5.56 Å². The van der Waals surface area contributed by atoms with Crippen LogP contribution >= 0.6 is 23.1 Å². The molecule has 0 radical (unpaired) electrons. The van der Waals surface area contributed by atoms with Gasteiger partial charge in [0, 0.05) is 23.8 Å². The SMILES string of the molecule is Cc1sc2nc(CSCC(=O)NCc3cccnc3)[nH]c(=O)c2c1C. The van der Waals surface area contributed by atoms with Gasteiger partial charge in [0.15, 0.2) is 0 Å². The van der Waals surface area contributed by atoms with E-state index in [2.05, 4.69) is 20.3 Å². The summed E-state index contributed by atoms with van der Waals surface area (Å²) in [6.45, 7) is 4.39. The molecular formula is C17H18N4O2S2. The van der Waals surface area contributed by atoms with Gasteiger partial charge in [-0.3, -0.25) is 14.6 Å². The van der Waals surface area contributed by atoms with E-state index in [-0.39, 0.29) is 11.5 Å². The maximum Gasteiger partial charge on any atom is 0.259 e. The van der Waals surface area contributed by atoms with Crippen molar-refractivity contribution in [2.24, 2.45) is 0 Å². The Labute approximate surface area is 153 Å². The zero-order valence-corrected chi connectivity index (χ0v) is 15.6. The van der Waals surface area contributed by atoms with Gasteiger partial charge in [-0.2, -0.15) is 0 Å². The van der Waals surface area contributed by atoms with Crippen LogP contribution in [0, 0.1) is 13.8 Å². The lowest BCUT2D eigenvalue weighted by Crippen LogP contribution is -2.24. The number of carbonyl (C=O) groups excluding carboxylic acids is 1. The number of hydrogen-bond donors (Lipinski definition) is 2. The maximum absolute atomic E-state index is 12.2. The number of thiophene rings is 1. The fourth-order valence-corrected chi connectivity index (χ4v) is 4.13. The van der Waals surface area contributed by atoms with E-state index >= 15 is 0 Å². The molecule has 0 aromatic carbocycles. The lowest BCUT2D eigenvalue weighted by Gasteiger charge is -2.05. The summed E-state index contributed by atoms with van der Waals surface area (Å²) >= 11 is 2.95. The van der Waals surface area contributed by atoms with E-state index in [0.29, 0.717) is 29.3 Å². The van der Waals surface area contributed by atoms with Crippen molar-refractivity contribution in [1.82, 2.24) is 20.3 Å². The van der Waals surface area contributed by atoms with Crippen LogP contribution in [-0.4, -0.2) is 26.6 Å². The lowest BCUT2D eigenvalue weighted by molar-refractivity contribution is -0.118. The highest BCUT2D eigenvalue weighted by molar-refractivity contribution is 7.99. The van der Waals surface area contributed by atoms with Gasteiger partial charge in [-0.25, -0.2) is 4.98 Å². The third-order valence-corrected chi connectivity index (χ3v) is 5.82. The van der Waals surface area contributed by atoms with Gasteiger partial charge in [-0.1, -0.05) is 6.07 Å². The van der Waals surface area contributed by atoms with Crippen molar-refractivity contribution >= 4 is 39.2 Å². The predicted molar refractivity (Wildman–Crippen MR) is 102 cm³/mol. The lowest BCUT2D eigenvalue weighted by atomic mass is 10.2. The average molecular weight is 374 g/mol. The van der Waals surface area contributed by atoms with Crippen LogP contribution in [0.2, 0.25) is 0 Å². The van der Waals surface area contributed by atoms with Gasteiger partial charge in [0.1, 0.15) is 10.7 Å². The molecule has 1 amide bonds. The number of aryl methyl sites for hydroxylation is 2. The molecule has 0 atom stereocenters. The average Bonchev–Trinajstić information content (AvgIpc) is 2.88. The number of nitrogens with one attached hydrogen (secondary N) is 2. The second-order valence-electron chi connectivity index (χ2n) is 5.61. The summed E-state index contributed by atoms with van der Waals surface area (Å²) < 4.78 is 0. The Morgan fingerprint density at radius 1 is 1.40 bits per heavy atom. The van der Waals surface area contributed by atoms with E-state index < -0.39 is 0 Å². The van der Waals surface area contributed by atoms with Crippen molar-refractivity contribution in [2.75, 3.05) is 5.75 Å². The second-order valence-corrected chi connectivity index (χ2v) is 7.80. The van der Waals surface area contributed by atoms with Crippen LogP contribution in [0.4, 0.5) is 0 Å².